The molecule has 0 aliphatic carbocycles. The van der Waals surface area contributed by atoms with Gasteiger partial charge in [0.1, 0.15) is 0 Å². The van der Waals surface area contributed by atoms with Crippen LogP contribution in [0, 0.1) is 12.8 Å². The fourth-order valence-electron chi connectivity index (χ4n) is 2.14. The van der Waals surface area contributed by atoms with Crippen LogP contribution in [0.25, 0.3) is 0 Å². The van der Waals surface area contributed by atoms with Crippen molar-refractivity contribution in [3.63, 3.8) is 0 Å². The molecule has 1 aromatic heterocycles. The summed E-state index contributed by atoms with van der Waals surface area (Å²) in [5.74, 6) is 0.415. The average Bonchev–Trinajstić information content (AvgIpc) is 2.33. The summed E-state index contributed by atoms with van der Waals surface area (Å²) in [5.41, 5.74) is 2.17. The van der Waals surface area contributed by atoms with Crippen molar-refractivity contribution in [2.24, 2.45) is 5.92 Å². The molecule has 0 aliphatic rings. The van der Waals surface area contributed by atoms with E-state index in [0.717, 1.165) is 18.5 Å². The van der Waals surface area contributed by atoms with E-state index in [2.05, 4.69) is 24.9 Å². The van der Waals surface area contributed by atoms with Crippen LogP contribution in [0.1, 0.15) is 50.8 Å². The lowest BCUT2D eigenvalue weighted by atomic mass is 9.90. The van der Waals surface area contributed by atoms with Crippen molar-refractivity contribution in [2.75, 3.05) is 0 Å². The largest absolute Gasteiger partial charge is 0.392 e. The molecule has 1 heterocycles. The van der Waals surface area contributed by atoms with Gasteiger partial charge in [0.15, 0.2) is 0 Å². The summed E-state index contributed by atoms with van der Waals surface area (Å²) in [4.78, 5) is 4.36. The first-order valence-electron chi connectivity index (χ1n) is 6.77. The van der Waals surface area contributed by atoms with Crippen LogP contribution >= 0.6 is 0 Å². The Morgan fingerprint density at radius 2 is 2.06 bits per heavy atom. The number of aromatic nitrogens is 1. The summed E-state index contributed by atoms with van der Waals surface area (Å²) in [7, 11) is 0. The van der Waals surface area contributed by atoms with E-state index in [4.69, 9.17) is 0 Å². The van der Waals surface area contributed by atoms with E-state index >= 15 is 0 Å². The minimum Gasteiger partial charge on any atom is -0.392 e. The molecule has 0 saturated heterocycles. The van der Waals surface area contributed by atoms with E-state index in [9.17, 15) is 5.11 Å². The molecule has 96 valence electrons. The van der Waals surface area contributed by atoms with Crippen molar-refractivity contribution < 1.29 is 5.11 Å². The van der Waals surface area contributed by atoms with Crippen LogP contribution in [0.5, 0.6) is 0 Å². The summed E-state index contributed by atoms with van der Waals surface area (Å²) < 4.78 is 0. The summed E-state index contributed by atoms with van der Waals surface area (Å²) in [6.45, 7) is 6.38. The predicted octanol–water partition coefficient (Wildman–Crippen LogP) is 3.51. The van der Waals surface area contributed by atoms with Gasteiger partial charge in [0.25, 0.3) is 0 Å². The average molecular weight is 235 g/mol. The molecule has 2 nitrogen and oxygen atoms in total. The lowest BCUT2D eigenvalue weighted by Crippen LogP contribution is -2.22. The Morgan fingerprint density at radius 1 is 1.29 bits per heavy atom. The van der Waals surface area contributed by atoms with E-state index in [1.54, 1.807) is 0 Å². The van der Waals surface area contributed by atoms with Gasteiger partial charge in [0, 0.05) is 18.3 Å². The van der Waals surface area contributed by atoms with Crippen LogP contribution in [0.2, 0.25) is 0 Å². The summed E-state index contributed by atoms with van der Waals surface area (Å²) in [5, 5.41) is 10.2. The fraction of sp³-hybridized carbons (Fsp3) is 0.667. The fourth-order valence-corrected chi connectivity index (χ4v) is 2.14. The molecule has 0 fully saturated rings. The van der Waals surface area contributed by atoms with Crippen LogP contribution in [0.3, 0.4) is 0 Å². The second kappa shape index (κ2) is 7.44. The molecular weight excluding hydrogens is 210 g/mol. The molecule has 1 aromatic rings. The summed E-state index contributed by atoms with van der Waals surface area (Å²) >= 11 is 0. The maximum Gasteiger partial charge on any atom is 0.0623 e. The Bertz CT molecular complexity index is 307. The number of aliphatic hydroxyl groups excluding tert-OH is 1. The monoisotopic (exact) mass is 235 g/mol. The third-order valence-corrected chi connectivity index (χ3v) is 3.39. The van der Waals surface area contributed by atoms with Gasteiger partial charge in [-0.05, 0) is 30.9 Å². The number of nitrogens with zero attached hydrogens (tertiary/aromatic N) is 1. The standard InChI is InChI=1S/C15H25NO/c1-4-6-7-13(5-2)15(17)10-14-9-8-12(3)11-16-14/h8-9,11,13,15,17H,4-7,10H2,1-3H3. The van der Waals surface area contributed by atoms with Gasteiger partial charge in [-0.2, -0.15) is 0 Å². The zero-order valence-corrected chi connectivity index (χ0v) is 11.3. The van der Waals surface area contributed by atoms with Gasteiger partial charge in [-0.25, -0.2) is 0 Å². The summed E-state index contributed by atoms with van der Waals surface area (Å²) in [6.07, 6.45) is 6.88. The van der Waals surface area contributed by atoms with Crippen LogP contribution in [-0.4, -0.2) is 16.2 Å². The highest BCUT2D eigenvalue weighted by atomic mass is 16.3. The zero-order valence-electron chi connectivity index (χ0n) is 11.3. The minimum absolute atomic E-state index is 0.248. The smallest absolute Gasteiger partial charge is 0.0623 e. The highest BCUT2D eigenvalue weighted by Crippen LogP contribution is 2.19. The number of rotatable bonds is 7. The van der Waals surface area contributed by atoms with Gasteiger partial charge in [0.2, 0.25) is 0 Å². The van der Waals surface area contributed by atoms with Crippen molar-refractivity contribution >= 4 is 0 Å². The molecule has 2 unspecified atom stereocenters. The van der Waals surface area contributed by atoms with Gasteiger partial charge in [-0.15, -0.1) is 0 Å². The molecule has 0 aromatic carbocycles. The van der Waals surface area contributed by atoms with Gasteiger partial charge in [-0.3, -0.25) is 4.98 Å². The number of aliphatic hydroxyl groups is 1. The van der Waals surface area contributed by atoms with Gasteiger partial charge in [0.05, 0.1) is 6.10 Å². The first-order chi connectivity index (χ1) is 8.17. The van der Waals surface area contributed by atoms with Crippen molar-refractivity contribution in [1.29, 1.82) is 0 Å². The van der Waals surface area contributed by atoms with Crippen LogP contribution in [0.4, 0.5) is 0 Å². The Labute approximate surface area is 105 Å². The third-order valence-electron chi connectivity index (χ3n) is 3.39. The molecule has 17 heavy (non-hydrogen) atoms. The number of aryl methyl sites for hydroxylation is 1. The van der Waals surface area contributed by atoms with E-state index in [1.165, 1.54) is 18.4 Å². The number of hydrogen-bond donors (Lipinski definition) is 1. The molecule has 0 radical (unpaired) electrons. The summed E-state index contributed by atoms with van der Waals surface area (Å²) in [6, 6.07) is 4.08. The number of pyridine rings is 1. The van der Waals surface area contributed by atoms with E-state index in [1.807, 2.05) is 19.2 Å². The minimum atomic E-state index is -0.248. The van der Waals surface area contributed by atoms with Crippen LogP contribution in [0.15, 0.2) is 18.3 Å². The van der Waals surface area contributed by atoms with Crippen LogP contribution < -0.4 is 0 Å². The molecule has 0 bridgehead atoms. The Morgan fingerprint density at radius 3 is 2.59 bits per heavy atom. The predicted molar refractivity (Wildman–Crippen MR) is 72.0 cm³/mol. The molecule has 1 rings (SSSR count). The Kier molecular flexibility index (Phi) is 6.20. The van der Waals surface area contributed by atoms with Crippen LogP contribution in [-0.2, 0) is 6.42 Å². The molecule has 2 atom stereocenters. The molecule has 0 saturated carbocycles. The van der Waals surface area contributed by atoms with E-state index in [0.29, 0.717) is 12.3 Å². The Hall–Kier alpha value is -0.890. The molecule has 1 N–H and O–H groups in total. The first-order valence-corrected chi connectivity index (χ1v) is 6.77. The lowest BCUT2D eigenvalue weighted by molar-refractivity contribution is 0.0978. The second-order valence-corrected chi connectivity index (χ2v) is 4.91. The highest BCUT2D eigenvalue weighted by Gasteiger charge is 2.17. The zero-order chi connectivity index (χ0) is 12.7. The third kappa shape index (κ3) is 4.86. The van der Waals surface area contributed by atoms with Crippen molar-refractivity contribution in [2.45, 2.75) is 59.0 Å². The topological polar surface area (TPSA) is 33.1 Å². The quantitative estimate of drug-likeness (QED) is 0.784. The number of hydrogen-bond acceptors (Lipinski definition) is 2. The lowest BCUT2D eigenvalue weighted by Gasteiger charge is -2.21. The van der Waals surface area contributed by atoms with Crippen molar-refractivity contribution in [3.05, 3.63) is 29.6 Å². The molecule has 2 heteroatoms. The highest BCUT2D eigenvalue weighted by molar-refractivity contribution is 5.12. The SMILES string of the molecule is CCCCC(CC)C(O)Cc1ccc(C)cn1. The van der Waals surface area contributed by atoms with Crippen molar-refractivity contribution in [1.82, 2.24) is 4.98 Å². The van der Waals surface area contributed by atoms with Crippen molar-refractivity contribution in [3.8, 4) is 0 Å². The Balaban J connectivity index is 2.51. The van der Waals surface area contributed by atoms with Gasteiger partial charge < -0.3 is 5.11 Å². The maximum atomic E-state index is 10.2. The number of unbranched alkanes of at least 4 members (excludes halogenated alkanes) is 1. The second-order valence-electron chi connectivity index (χ2n) is 4.91. The van der Waals surface area contributed by atoms with E-state index < -0.39 is 0 Å². The van der Waals surface area contributed by atoms with Gasteiger partial charge >= 0.3 is 0 Å². The molecular formula is C15H25NO. The first kappa shape index (κ1) is 14.2. The molecule has 0 aliphatic heterocycles. The molecule has 0 spiro atoms. The normalized spacial score (nSPS) is 14.6. The van der Waals surface area contributed by atoms with E-state index in [-0.39, 0.29) is 6.10 Å². The van der Waals surface area contributed by atoms with Gasteiger partial charge in [-0.1, -0.05) is 39.2 Å². The maximum absolute atomic E-state index is 10.2. The molecule has 0 amide bonds.